The molecule has 6 rings (SSSR count). The van der Waals surface area contributed by atoms with E-state index in [-0.39, 0.29) is 5.91 Å². The number of halogens is 1. The largest absolute Gasteiger partial charge is 0.479 e. The topological polar surface area (TPSA) is 74.4 Å². The Hall–Kier alpha value is -3.58. The van der Waals surface area contributed by atoms with Crippen LogP contribution < -0.4 is 9.64 Å². The molecule has 2 aliphatic rings. The number of ether oxygens (including phenoxy) is 1. The first-order chi connectivity index (χ1) is 16.2. The lowest BCUT2D eigenvalue weighted by atomic mass is 9.99. The van der Waals surface area contributed by atoms with E-state index >= 15 is 0 Å². The summed E-state index contributed by atoms with van der Waals surface area (Å²) in [6, 6.07) is 11.7. The molecule has 1 saturated heterocycles. The smallest absolute Gasteiger partial charge is 0.264 e. The van der Waals surface area contributed by atoms with Gasteiger partial charge in [0.1, 0.15) is 11.4 Å². The van der Waals surface area contributed by atoms with Crippen molar-refractivity contribution in [2.45, 2.75) is 12.5 Å². The third kappa shape index (κ3) is 3.58. The van der Waals surface area contributed by atoms with Gasteiger partial charge in [-0.3, -0.25) is 9.78 Å². The number of hydrogen-bond acceptors (Lipinski definition) is 5. The summed E-state index contributed by atoms with van der Waals surface area (Å²) in [4.78, 5) is 29.2. The van der Waals surface area contributed by atoms with Crippen LogP contribution in [0, 0.1) is 0 Å². The van der Waals surface area contributed by atoms with Crippen LogP contribution in [0.4, 0.5) is 5.69 Å². The van der Waals surface area contributed by atoms with E-state index in [1.807, 2.05) is 53.7 Å². The maximum absolute atomic E-state index is 13.3. The van der Waals surface area contributed by atoms with Gasteiger partial charge in [-0.15, -0.1) is 0 Å². The van der Waals surface area contributed by atoms with Crippen LogP contribution in [0.15, 0.2) is 61.2 Å². The van der Waals surface area contributed by atoms with Crippen molar-refractivity contribution in [2.75, 3.05) is 31.1 Å². The number of aromatic nitrogens is 3. The number of nitrogens with zero attached hydrogens (tertiary/aromatic N) is 4. The summed E-state index contributed by atoms with van der Waals surface area (Å²) in [5.74, 6) is 0.765. The first kappa shape index (κ1) is 20.1. The van der Waals surface area contributed by atoms with Crippen molar-refractivity contribution in [1.29, 1.82) is 0 Å². The molecule has 1 amide bonds. The van der Waals surface area contributed by atoms with Crippen LogP contribution in [0.1, 0.15) is 5.56 Å². The number of amides is 1. The average molecular weight is 460 g/mol. The fourth-order valence-electron chi connectivity index (χ4n) is 4.79. The van der Waals surface area contributed by atoms with Crippen LogP contribution in [0.2, 0.25) is 5.02 Å². The van der Waals surface area contributed by atoms with Gasteiger partial charge in [0, 0.05) is 72.7 Å². The highest BCUT2D eigenvalue weighted by Crippen LogP contribution is 2.43. The third-order valence-corrected chi connectivity index (χ3v) is 6.64. The second-order valence-corrected chi connectivity index (χ2v) is 8.81. The Morgan fingerprint density at radius 1 is 1.09 bits per heavy atom. The minimum absolute atomic E-state index is 0.0284. The van der Waals surface area contributed by atoms with Crippen LogP contribution in [0.5, 0.6) is 5.75 Å². The molecule has 2 aliphatic heterocycles. The molecule has 0 aliphatic carbocycles. The van der Waals surface area contributed by atoms with Crippen LogP contribution in [0.25, 0.3) is 22.2 Å². The first-order valence-electron chi connectivity index (χ1n) is 11.0. The highest BCUT2D eigenvalue weighted by atomic mass is 35.5. The number of anilines is 1. The van der Waals surface area contributed by atoms with Gasteiger partial charge in [0.25, 0.3) is 5.91 Å². The summed E-state index contributed by atoms with van der Waals surface area (Å²) in [5, 5.41) is 1.62. The van der Waals surface area contributed by atoms with Crippen LogP contribution in [-0.4, -0.2) is 58.0 Å². The van der Waals surface area contributed by atoms with Gasteiger partial charge in [-0.1, -0.05) is 11.6 Å². The number of aromatic amines is 1. The quantitative estimate of drug-likeness (QED) is 0.502. The fourth-order valence-corrected chi connectivity index (χ4v) is 5.03. The molecular weight excluding hydrogens is 438 g/mol. The Balaban J connectivity index is 1.22. The highest BCUT2D eigenvalue weighted by molar-refractivity contribution is 6.31. The molecule has 0 bridgehead atoms. The van der Waals surface area contributed by atoms with Gasteiger partial charge >= 0.3 is 0 Å². The molecule has 166 valence electrons. The zero-order chi connectivity index (χ0) is 22.4. The number of hydrogen-bond donors (Lipinski definition) is 1. The predicted molar refractivity (Wildman–Crippen MR) is 128 cm³/mol. The van der Waals surface area contributed by atoms with Crippen LogP contribution in [0.3, 0.4) is 0 Å². The number of carbonyl (C=O) groups is 1. The minimum atomic E-state index is -0.536. The maximum Gasteiger partial charge on any atom is 0.264 e. The Morgan fingerprint density at radius 3 is 2.79 bits per heavy atom. The molecule has 0 unspecified atom stereocenters. The van der Waals surface area contributed by atoms with E-state index in [9.17, 15) is 4.79 Å². The first-order valence-corrected chi connectivity index (χ1v) is 11.4. The summed E-state index contributed by atoms with van der Waals surface area (Å²) in [6.07, 6.45) is 7.24. The number of nitrogens with one attached hydrogen (secondary N) is 1. The molecule has 0 spiro atoms. The normalized spacial score (nSPS) is 17.8. The number of fused-ring (bicyclic) bond motifs is 2. The lowest BCUT2D eigenvalue weighted by Gasteiger charge is -2.36. The average Bonchev–Trinajstić information content (AvgIpc) is 3.51. The van der Waals surface area contributed by atoms with Gasteiger partial charge in [-0.05, 0) is 42.0 Å². The van der Waals surface area contributed by atoms with Gasteiger partial charge < -0.3 is 19.5 Å². The SMILES string of the molecule is O=C([C@@H]1Cc2cc(Cl)cc(-c3ccnc4[nH]ccc34)c2O1)N1CCN(c2cccnc2)CC1. The van der Waals surface area contributed by atoms with Crippen molar-refractivity contribution in [1.82, 2.24) is 19.9 Å². The second kappa shape index (κ2) is 8.08. The number of carbonyl (C=O) groups excluding carboxylic acids is 1. The molecule has 0 saturated carbocycles. The van der Waals surface area contributed by atoms with Crippen LogP contribution in [-0.2, 0) is 11.2 Å². The third-order valence-electron chi connectivity index (χ3n) is 6.42. The van der Waals surface area contributed by atoms with E-state index in [1.54, 1.807) is 12.4 Å². The van der Waals surface area contributed by atoms with Crippen LogP contribution >= 0.6 is 11.6 Å². The summed E-state index contributed by atoms with van der Waals surface area (Å²) in [6.45, 7) is 2.87. The number of benzene rings is 1. The standard InChI is InChI=1S/C25H22ClN5O2/c26-17-12-16-13-22(25(32)31-10-8-30(9-11-31)18-2-1-5-27-15-18)33-23(16)21(14-17)19-3-6-28-24-20(19)4-7-29-24/h1-7,12,14-15,22H,8-11,13H2,(H,28,29)/t22-/m0/s1. The van der Waals surface area contributed by atoms with E-state index in [4.69, 9.17) is 16.3 Å². The van der Waals surface area contributed by atoms with Crippen molar-refractivity contribution in [3.05, 3.63) is 71.8 Å². The molecule has 1 atom stereocenters. The number of piperazine rings is 1. The molecule has 1 fully saturated rings. The second-order valence-electron chi connectivity index (χ2n) is 8.37. The molecular formula is C25H22ClN5O2. The van der Waals surface area contributed by atoms with E-state index in [2.05, 4.69) is 19.9 Å². The van der Waals surface area contributed by atoms with Crippen molar-refractivity contribution in [3.63, 3.8) is 0 Å². The summed E-state index contributed by atoms with van der Waals surface area (Å²) in [7, 11) is 0. The molecule has 8 heteroatoms. The monoisotopic (exact) mass is 459 g/mol. The number of H-pyrrole nitrogens is 1. The van der Waals surface area contributed by atoms with Crippen molar-refractivity contribution < 1.29 is 9.53 Å². The number of rotatable bonds is 3. The van der Waals surface area contributed by atoms with Gasteiger partial charge in [0.2, 0.25) is 0 Å². The lowest BCUT2D eigenvalue weighted by molar-refractivity contribution is -0.138. The van der Waals surface area contributed by atoms with Gasteiger partial charge in [0.15, 0.2) is 6.10 Å². The Morgan fingerprint density at radius 2 is 1.97 bits per heavy atom. The van der Waals surface area contributed by atoms with E-state index < -0.39 is 6.10 Å². The summed E-state index contributed by atoms with van der Waals surface area (Å²) in [5.41, 5.74) is 4.73. The molecule has 1 N–H and O–H groups in total. The van der Waals surface area contributed by atoms with Crippen molar-refractivity contribution >= 4 is 34.2 Å². The van der Waals surface area contributed by atoms with E-state index in [0.29, 0.717) is 24.5 Å². The Bertz CT molecular complexity index is 1330. The van der Waals surface area contributed by atoms with Crippen molar-refractivity contribution in [3.8, 4) is 16.9 Å². The molecule has 4 aromatic rings. The summed E-state index contributed by atoms with van der Waals surface area (Å²) < 4.78 is 6.30. The zero-order valence-corrected chi connectivity index (χ0v) is 18.6. The zero-order valence-electron chi connectivity index (χ0n) is 17.9. The van der Waals surface area contributed by atoms with Gasteiger partial charge in [-0.25, -0.2) is 4.98 Å². The Labute approximate surface area is 196 Å². The highest BCUT2D eigenvalue weighted by Gasteiger charge is 2.35. The van der Waals surface area contributed by atoms with Crippen molar-refractivity contribution in [2.24, 2.45) is 0 Å². The minimum Gasteiger partial charge on any atom is -0.479 e. The van der Waals surface area contributed by atoms with E-state index in [0.717, 1.165) is 52.3 Å². The number of pyridine rings is 2. The summed E-state index contributed by atoms with van der Waals surface area (Å²) >= 11 is 6.47. The maximum atomic E-state index is 13.3. The molecule has 33 heavy (non-hydrogen) atoms. The van der Waals surface area contributed by atoms with Gasteiger partial charge in [0.05, 0.1) is 11.9 Å². The molecule has 7 nitrogen and oxygen atoms in total. The lowest BCUT2D eigenvalue weighted by Crippen LogP contribution is -2.52. The molecule has 1 aromatic carbocycles. The molecule has 5 heterocycles. The molecule has 0 radical (unpaired) electrons. The fraction of sp³-hybridized carbons (Fsp3) is 0.240. The van der Waals surface area contributed by atoms with E-state index in [1.165, 1.54) is 0 Å². The van der Waals surface area contributed by atoms with Gasteiger partial charge in [-0.2, -0.15) is 0 Å². The predicted octanol–water partition coefficient (Wildman–Crippen LogP) is 3.93. The molecule has 3 aromatic heterocycles. The Kier molecular flexibility index (Phi) is 4.91.